The Balaban J connectivity index is 1.83. The molecule has 1 heterocycles. The molecule has 1 aliphatic rings. The van der Waals surface area contributed by atoms with Crippen LogP contribution in [0.4, 0.5) is 0 Å². The highest BCUT2D eigenvalue weighted by atomic mass is 35.5. The summed E-state index contributed by atoms with van der Waals surface area (Å²) in [6, 6.07) is 11.9. The summed E-state index contributed by atoms with van der Waals surface area (Å²) in [5.41, 5.74) is 1.20. The van der Waals surface area contributed by atoms with Crippen LogP contribution < -0.4 is 10.6 Å². The van der Waals surface area contributed by atoms with Crippen molar-refractivity contribution in [2.75, 3.05) is 25.1 Å². The fourth-order valence-corrected chi connectivity index (χ4v) is 5.93. The maximum absolute atomic E-state index is 13.6. The van der Waals surface area contributed by atoms with Crippen molar-refractivity contribution < 1.29 is 18.0 Å². The van der Waals surface area contributed by atoms with Crippen LogP contribution >= 0.6 is 23.4 Å². The molecular weight excluding hydrogens is 494 g/mol. The zero-order valence-corrected chi connectivity index (χ0v) is 21.5. The van der Waals surface area contributed by atoms with Crippen molar-refractivity contribution in [3.63, 3.8) is 0 Å². The van der Waals surface area contributed by atoms with Gasteiger partial charge in [0.1, 0.15) is 6.04 Å². The van der Waals surface area contributed by atoms with E-state index in [9.17, 15) is 18.0 Å². The van der Waals surface area contributed by atoms with Crippen LogP contribution in [0.5, 0.6) is 0 Å². The molecular formula is C24H30ClN3O4S2. The Kier molecular flexibility index (Phi) is 9.82. The number of carbonyl (C=O) groups is 2. The summed E-state index contributed by atoms with van der Waals surface area (Å²) in [7, 11) is -3.98. The Bertz CT molecular complexity index is 1080. The Morgan fingerprint density at radius 1 is 1.15 bits per heavy atom. The smallest absolute Gasteiger partial charge is 0.251 e. The second-order valence-corrected chi connectivity index (χ2v) is 11.4. The molecule has 0 bridgehead atoms. The van der Waals surface area contributed by atoms with E-state index in [1.807, 2.05) is 6.26 Å². The molecule has 0 unspecified atom stereocenters. The minimum absolute atomic E-state index is 0.0126. The van der Waals surface area contributed by atoms with Crippen LogP contribution in [0.25, 0.3) is 0 Å². The average molecular weight is 524 g/mol. The van der Waals surface area contributed by atoms with Gasteiger partial charge in [0.25, 0.3) is 5.91 Å². The number of sulfonamides is 1. The lowest BCUT2D eigenvalue weighted by Crippen LogP contribution is -2.48. The predicted octanol–water partition coefficient (Wildman–Crippen LogP) is 3.68. The maximum atomic E-state index is 13.6. The third-order valence-corrected chi connectivity index (χ3v) is 8.46. The quantitative estimate of drug-likeness (QED) is 0.463. The van der Waals surface area contributed by atoms with Crippen molar-refractivity contribution in [3.8, 4) is 0 Å². The van der Waals surface area contributed by atoms with Gasteiger partial charge in [-0.3, -0.25) is 9.59 Å². The van der Waals surface area contributed by atoms with E-state index in [4.69, 9.17) is 11.6 Å². The first-order chi connectivity index (χ1) is 16.3. The molecule has 184 valence electrons. The van der Waals surface area contributed by atoms with E-state index in [-0.39, 0.29) is 23.3 Å². The van der Waals surface area contributed by atoms with Crippen molar-refractivity contribution >= 4 is 45.2 Å². The summed E-state index contributed by atoms with van der Waals surface area (Å²) in [4.78, 5) is 25.2. The Morgan fingerprint density at radius 3 is 2.53 bits per heavy atom. The molecule has 1 saturated heterocycles. The Labute approximate surface area is 210 Å². The summed E-state index contributed by atoms with van der Waals surface area (Å²) >= 11 is 7.68. The van der Waals surface area contributed by atoms with Gasteiger partial charge in [0.15, 0.2) is 0 Å². The molecule has 34 heavy (non-hydrogen) atoms. The first-order valence-corrected chi connectivity index (χ1v) is 14.5. The van der Waals surface area contributed by atoms with Crippen molar-refractivity contribution in [1.82, 2.24) is 14.9 Å². The fraction of sp³-hybridized carbons (Fsp3) is 0.417. The minimum atomic E-state index is -3.98. The molecule has 2 aromatic carbocycles. The highest BCUT2D eigenvalue weighted by Gasteiger charge is 2.36. The summed E-state index contributed by atoms with van der Waals surface area (Å²) in [6.07, 6.45) is 4.90. The number of nitrogens with zero attached hydrogens (tertiary/aromatic N) is 1. The zero-order valence-electron chi connectivity index (χ0n) is 19.1. The van der Waals surface area contributed by atoms with E-state index in [2.05, 4.69) is 10.6 Å². The molecule has 0 aliphatic carbocycles. The molecule has 1 atom stereocenters. The van der Waals surface area contributed by atoms with Gasteiger partial charge in [0.05, 0.1) is 4.90 Å². The van der Waals surface area contributed by atoms with Gasteiger partial charge in [-0.2, -0.15) is 16.1 Å². The number of rotatable bonds is 10. The number of thioether (sulfide) groups is 1. The standard InChI is InChI=1S/C24H30ClN3O4S2/c1-33-16-4-15-26-23(29)19-8-6-18(7-9-19)17-28(22-5-2-3-14-27-24(22)30)34(31,32)21-12-10-20(25)11-13-21/h6-13,22H,2-5,14-17H2,1H3,(H,26,29)(H,27,30)/t22-/m1/s1. The minimum Gasteiger partial charge on any atom is -0.355 e. The third-order valence-electron chi connectivity index (χ3n) is 5.64. The topological polar surface area (TPSA) is 95.6 Å². The van der Waals surface area contributed by atoms with Gasteiger partial charge in [-0.1, -0.05) is 23.7 Å². The lowest BCUT2D eigenvalue weighted by atomic mass is 10.1. The molecule has 7 nitrogen and oxygen atoms in total. The van der Waals surface area contributed by atoms with Gasteiger partial charge < -0.3 is 10.6 Å². The second kappa shape index (κ2) is 12.6. The van der Waals surface area contributed by atoms with Crippen molar-refractivity contribution in [1.29, 1.82) is 0 Å². The van der Waals surface area contributed by atoms with E-state index in [0.29, 0.717) is 35.7 Å². The summed E-state index contributed by atoms with van der Waals surface area (Å²) in [5.74, 6) is 0.518. The van der Waals surface area contributed by atoms with E-state index < -0.39 is 16.1 Å². The molecule has 0 radical (unpaired) electrons. The molecule has 2 aromatic rings. The third kappa shape index (κ3) is 6.97. The SMILES string of the molecule is CSCCCNC(=O)c1ccc(CN([C@@H]2CCCCNC2=O)S(=O)(=O)c2ccc(Cl)cc2)cc1. The van der Waals surface area contributed by atoms with Crippen LogP contribution in [0, 0.1) is 0 Å². The van der Waals surface area contributed by atoms with Gasteiger partial charge in [0, 0.05) is 30.2 Å². The number of halogens is 1. The van der Waals surface area contributed by atoms with Gasteiger partial charge in [-0.15, -0.1) is 0 Å². The predicted molar refractivity (Wildman–Crippen MR) is 137 cm³/mol. The zero-order chi connectivity index (χ0) is 24.6. The molecule has 1 fully saturated rings. The van der Waals surface area contributed by atoms with E-state index in [1.54, 1.807) is 36.0 Å². The van der Waals surface area contributed by atoms with E-state index >= 15 is 0 Å². The van der Waals surface area contributed by atoms with E-state index in [1.165, 1.54) is 28.6 Å². The van der Waals surface area contributed by atoms with Crippen LogP contribution in [-0.2, 0) is 21.4 Å². The molecule has 10 heteroatoms. The average Bonchev–Trinajstić information content (AvgIpc) is 3.04. The van der Waals surface area contributed by atoms with Crippen LogP contribution in [0.2, 0.25) is 5.02 Å². The lowest BCUT2D eigenvalue weighted by Gasteiger charge is -2.29. The molecule has 3 rings (SSSR count). The molecule has 0 spiro atoms. The van der Waals surface area contributed by atoms with Gasteiger partial charge in [-0.25, -0.2) is 8.42 Å². The Hall–Kier alpha value is -2.07. The van der Waals surface area contributed by atoms with Crippen LogP contribution in [-0.4, -0.2) is 55.7 Å². The first kappa shape index (κ1) is 26.5. The molecule has 2 amide bonds. The maximum Gasteiger partial charge on any atom is 0.251 e. The van der Waals surface area contributed by atoms with Gasteiger partial charge in [-0.05, 0) is 79.7 Å². The number of amides is 2. The molecule has 0 saturated carbocycles. The van der Waals surface area contributed by atoms with Gasteiger partial charge >= 0.3 is 0 Å². The normalized spacial score (nSPS) is 16.7. The molecule has 0 aromatic heterocycles. The summed E-state index contributed by atoms with van der Waals surface area (Å²) < 4.78 is 28.4. The molecule has 2 N–H and O–H groups in total. The Morgan fingerprint density at radius 2 is 1.85 bits per heavy atom. The van der Waals surface area contributed by atoms with Crippen LogP contribution in [0.15, 0.2) is 53.4 Å². The lowest BCUT2D eigenvalue weighted by molar-refractivity contribution is -0.124. The number of carbonyl (C=O) groups excluding carboxylic acids is 2. The molecule has 1 aliphatic heterocycles. The van der Waals surface area contributed by atoms with Gasteiger partial charge in [0.2, 0.25) is 15.9 Å². The fourth-order valence-electron chi connectivity index (χ4n) is 3.76. The van der Waals surface area contributed by atoms with E-state index in [0.717, 1.165) is 25.0 Å². The second-order valence-electron chi connectivity index (χ2n) is 8.11. The number of nitrogens with one attached hydrogen (secondary N) is 2. The monoisotopic (exact) mass is 523 g/mol. The number of hydrogen-bond donors (Lipinski definition) is 2. The highest BCUT2D eigenvalue weighted by molar-refractivity contribution is 7.98. The first-order valence-electron chi connectivity index (χ1n) is 11.2. The summed E-state index contributed by atoms with van der Waals surface area (Å²) in [6.45, 7) is 1.15. The number of hydrogen-bond acceptors (Lipinski definition) is 5. The van der Waals surface area contributed by atoms with Crippen molar-refractivity contribution in [3.05, 3.63) is 64.7 Å². The van der Waals surface area contributed by atoms with Crippen molar-refractivity contribution in [2.24, 2.45) is 0 Å². The largest absolute Gasteiger partial charge is 0.355 e. The van der Waals surface area contributed by atoms with Crippen LogP contribution in [0.1, 0.15) is 41.6 Å². The highest BCUT2D eigenvalue weighted by Crippen LogP contribution is 2.26. The van der Waals surface area contributed by atoms with Crippen molar-refractivity contribution in [2.45, 2.75) is 43.2 Å². The summed E-state index contributed by atoms with van der Waals surface area (Å²) in [5, 5.41) is 6.14. The number of benzene rings is 2. The van der Waals surface area contributed by atoms with Crippen LogP contribution in [0.3, 0.4) is 0 Å².